The van der Waals surface area contributed by atoms with Gasteiger partial charge >= 0.3 is 0 Å². The first-order chi connectivity index (χ1) is 17.1. The lowest BCUT2D eigenvalue weighted by Gasteiger charge is -2.14. The van der Waals surface area contributed by atoms with Crippen LogP contribution in [-0.4, -0.2) is 17.5 Å². The van der Waals surface area contributed by atoms with Gasteiger partial charge in [0, 0.05) is 22.0 Å². The second-order valence-electron chi connectivity index (χ2n) is 7.84. The van der Waals surface area contributed by atoms with Crippen molar-refractivity contribution in [2.75, 3.05) is 11.9 Å². The van der Waals surface area contributed by atoms with E-state index in [-0.39, 0.29) is 5.91 Å². The minimum atomic E-state index is -0.267. The number of benzene rings is 4. The number of hydrogen-bond donors (Lipinski definition) is 1. The minimum absolute atomic E-state index is 0.267. The van der Waals surface area contributed by atoms with Crippen molar-refractivity contribution in [2.45, 2.75) is 6.92 Å². The van der Waals surface area contributed by atoms with Crippen molar-refractivity contribution in [1.29, 1.82) is 5.26 Å². The summed E-state index contributed by atoms with van der Waals surface area (Å²) in [4.78, 5) is 17.5. The summed E-state index contributed by atoms with van der Waals surface area (Å²) in [6, 6.07) is 29.4. The van der Waals surface area contributed by atoms with Crippen LogP contribution < -0.4 is 14.8 Å². The molecule has 0 spiro atoms. The maximum atomic E-state index is 12.7. The first-order valence-electron chi connectivity index (χ1n) is 11.2. The molecule has 0 bridgehead atoms. The predicted octanol–water partition coefficient (Wildman–Crippen LogP) is 6.70. The molecule has 5 aromatic rings. The highest BCUT2D eigenvalue weighted by molar-refractivity contribution is 6.07. The Morgan fingerprint density at radius 2 is 1.69 bits per heavy atom. The maximum Gasteiger partial charge on any atom is 0.255 e. The first kappa shape index (κ1) is 21.9. The zero-order valence-electron chi connectivity index (χ0n) is 19.0. The van der Waals surface area contributed by atoms with Crippen LogP contribution in [0.5, 0.6) is 17.2 Å². The van der Waals surface area contributed by atoms with E-state index >= 15 is 0 Å². The summed E-state index contributed by atoms with van der Waals surface area (Å²) >= 11 is 0. The molecule has 1 heterocycles. The topological polar surface area (TPSA) is 84.2 Å². The molecule has 0 saturated carbocycles. The van der Waals surface area contributed by atoms with Crippen molar-refractivity contribution in [1.82, 2.24) is 4.98 Å². The average Bonchev–Trinajstić information content (AvgIpc) is 2.89. The molecule has 35 heavy (non-hydrogen) atoms. The summed E-state index contributed by atoms with van der Waals surface area (Å²) < 4.78 is 12.0. The van der Waals surface area contributed by atoms with Crippen LogP contribution in [0.4, 0.5) is 5.69 Å². The summed E-state index contributed by atoms with van der Waals surface area (Å²) in [7, 11) is 0. The molecule has 6 nitrogen and oxygen atoms in total. The fourth-order valence-corrected chi connectivity index (χ4v) is 3.84. The van der Waals surface area contributed by atoms with Crippen LogP contribution in [0.25, 0.3) is 21.8 Å². The molecule has 4 aromatic carbocycles. The average molecular weight is 460 g/mol. The Balaban J connectivity index is 1.56. The second-order valence-corrected chi connectivity index (χ2v) is 7.84. The highest BCUT2D eigenvalue weighted by Crippen LogP contribution is 2.38. The number of rotatable bonds is 6. The molecule has 0 aliphatic heterocycles. The number of pyridine rings is 1. The molecule has 0 unspecified atom stereocenters. The number of carbonyl (C=O) groups is 1. The minimum Gasteiger partial charge on any atom is -0.494 e. The van der Waals surface area contributed by atoms with Gasteiger partial charge in [-0.2, -0.15) is 5.26 Å². The van der Waals surface area contributed by atoms with E-state index in [2.05, 4.69) is 11.4 Å². The van der Waals surface area contributed by atoms with Crippen LogP contribution in [0.2, 0.25) is 0 Å². The second kappa shape index (κ2) is 9.54. The van der Waals surface area contributed by atoms with E-state index in [4.69, 9.17) is 19.7 Å². The van der Waals surface area contributed by atoms with E-state index in [0.29, 0.717) is 40.4 Å². The van der Waals surface area contributed by atoms with E-state index in [0.717, 1.165) is 22.0 Å². The highest BCUT2D eigenvalue weighted by atomic mass is 16.5. The predicted molar refractivity (Wildman–Crippen MR) is 136 cm³/mol. The van der Waals surface area contributed by atoms with Gasteiger partial charge in [-0.25, -0.2) is 4.98 Å². The number of nitriles is 1. The zero-order chi connectivity index (χ0) is 24.2. The summed E-state index contributed by atoms with van der Waals surface area (Å²) in [5.74, 6) is 1.85. The van der Waals surface area contributed by atoms with Crippen molar-refractivity contribution in [3.63, 3.8) is 0 Å². The molecule has 5 rings (SSSR count). The van der Waals surface area contributed by atoms with Gasteiger partial charge in [0.1, 0.15) is 17.2 Å². The van der Waals surface area contributed by atoms with Crippen LogP contribution >= 0.6 is 0 Å². The van der Waals surface area contributed by atoms with Crippen molar-refractivity contribution in [2.24, 2.45) is 0 Å². The number of ether oxygens (including phenoxy) is 2. The molecule has 0 aliphatic carbocycles. The molecule has 0 aliphatic rings. The normalized spacial score (nSPS) is 10.6. The molecule has 170 valence electrons. The number of nitrogens with zero attached hydrogens (tertiary/aromatic N) is 2. The Morgan fingerprint density at radius 3 is 2.43 bits per heavy atom. The summed E-state index contributed by atoms with van der Waals surface area (Å²) in [5.41, 5.74) is 3.01. The Morgan fingerprint density at radius 1 is 0.886 bits per heavy atom. The van der Waals surface area contributed by atoms with Gasteiger partial charge in [-0.05, 0) is 79.7 Å². The fourth-order valence-electron chi connectivity index (χ4n) is 3.84. The molecule has 6 heteroatoms. The lowest BCUT2D eigenvalue weighted by atomic mass is 10.1. The number of hydrogen-bond acceptors (Lipinski definition) is 5. The molecule has 0 atom stereocenters. The Bertz CT molecular complexity index is 1570. The third-order valence-corrected chi connectivity index (χ3v) is 5.50. The van der Waals surface area contributed by atoms with E-state index in [1.807, 2.05) is 73.7 Å². The monoisotopic (exact) mass is 459 g/mol. The number of nitrogens with one attached hydrogen (secondary N) is 1. The Kier molecular flexibility index (Phi) is 5.98. The van der Waals surface area contributed by atoms with E-state index in [1.165, 1.54) is 0 Å². The molecule has 0 saturated heterocycles. The van der Waals surface area contributed by atoms with Gasteiger partial charge < -0.3 is 14.8 Å². The van der Waals surface area contributed by atoms with E-state index in [1.54, 1.807) is 24.3 Å². The van der Waals surface area contributed by atoms with Gasteiger partial charge in [0.25, 0.3) is 5.91 Å². The third-order valence-electron chi connectivity index (χ3n) is 5.50. The third kappa shape index (κ3) is 4.61. The van der Waals surface area contributed by atoms with Crippen LogP contribution in [0.1, 0.15) is 22.8 Å². The van der Waals surface area contributed by atoms with Gasteiger partial charge in [-0.1, -0.05) is 18.2 Å². The number of aromatic nitrogens is 1. The van der Waals surface area contributed by atoms with E-state index < -0.39 is 0 Å². The highest BCUT2D eigenvalue weighted by Gasteiger charge is 2.14. The lowest BCUT2D eigenvalue weighted by Crippen LogP contribution is -2.11. The maximum absolute atomic E-state index is 12.7. The molecule has 0 radical (unpaired) electrons. The van der Waals surface area contributed by atoms with Gasteiger partial charge in [0.05, 0.1) is 29.3 Å². The van der Waals surface area contributed by atoms with Crippen molar-refractivity contribution < 1.29 is 14.3 Å². The number of para-hydroxylation sites is 1. The number of anilines is 1. The summed E-state index contributed by atoms with van der Waals surface area (Å²) in [6.45, 7) is 2.50. The summed E-state index contributed by atoms with van der Waals surface area (Å²) in [6.07, 6.45) is 0. The Hall–Kier alpha value is -4.89. The molecule has 1 N–H and O–H groups in total. The molecule has 1 aromatic heterocycles. The van der Waals surface area contributed by atoms with Crippen LogP contribution in [-0.2, 0) is 0 Å². The van der Waals surface area contributed by atoms with Crippen molar-refractivity contribution in [3.05, 3.63) is 102 Å². The molecule has 1 amide bonds. The number of fused-ring (bicyclic) bond motifs is 2. The molecule has 0 fully saturated rings. The van der Waals surface area contributed by atoms with Gasteiger partial charge in [0.15, 0.2) is 0 Å². The Labute approximate surface area is 202 Å². The van der Waals surface area contributed by atoms with Gasteiger partial charge in [-0.3, -0.25) is 4.79 Å². The molecular formula is C29H21N3O3. The van der Waals surface area contributed by atoms with E-state index in [9.17, 15) is 4.79 Å². The largest absolute Gasteiger partial charge is 0.494 e. The smallest absolute Gasteiger partial charge is 0.255 e. The van der Waals surface area contributed by atoms with Crippen molar-refractivity contribution >= 4 is 33.4 Å². The molecular weight excluding hydrogens is 438 g/mol. The quantitative estimate of drug-likeness (QED) is 0.286. The van der Waals surface area contributed by atoms with Crippen molar-refractivity contribution in [3.8, 4) is 23.3 Å². The fraction of sp³-hybridized carbons (Fsp3) is 0.0690. The van der Waals surface area contributed by atoms with Gasteiger partial charge in [-0.15, -0.1) is 0 Å². The lowest BCUT2D eigenvalue weighted by molar-refractivity contribution is 0.102. The number of carbonyl (C=O) groups excluding carboxylic acids is 1. The van der Waals surface area contributed by atoms with Crippen LogP contribution in [0.15, 0.2) is 91.0 Å². The van der Waals surface area contributed by atoms with Crippen LogP contribution in [0, 0.1) is 11.3 Å². The van der Waals surface area contributed by atoms with Gasteiger partial charge in [0.2, 0.25) is 0 Å². The SMILES string of the molecule is CCOc1ccc2nc3cc(NC(=O)c4ccc(C#N)cc4)ccc3c(Oc3ccccc3)c2c1. The summed E-state index contributed by atoms with van der Waals surface area (Å²) in [5, 5.41) is 13.5. The standard InChI is InChI=1S/C29H21N3O3/c1-2-34-23-13-15-26-25(17-23)28(35-22-6-4-3-5-7-22)24-14-12-21(16-27(24)32-26)31-29(33)20-10-8-19(18-30)9-11-20/h3-17H,2H2,1H3,(H,31,33). The number of amides is 1. The first-order valence-corrected chi connectivity index (χ1v) is 11.2. The zero-order valence-corrected chi connectivity index (χ0v) is 19.0. The van der Waals surface area contributed by atoms with Crippen LogP contribution in [0.3, 0.4) is 0 Å².